The second-order valence-electron chi connectivity index (χ2n) is 8.25. The van der Waals surface area contributed by atoms with Gasteiger partial charge in [0.15, 0.2) is 6.73 Å². The molecule has 9 heteroatoms. The molecule has 162 valence electrons. The SMILES string of the molecule is O=C1c2cnc(Nc3ccc4c(c3)CCNC43CC3)nc2OCN1c1c(Cl)cccc1Cl. The number of hydrogen-bond donors (Lipinski definition) is 2. The van der Waals surface area contributed by atoms with Crippen LogP contribution in [0.5, 0.6) is 5.88 Å². The molecule has 7 nitrogen and oxygen atoms in total. The van der Waals surface area contributed by atoms with Gasteiger partial charge in [-0.15, -0.1) is 0 Å². The van der Waals surface area contributed by atoms with Crippen LogP contribution in [0, 0.1) is 0 Å². The minimum absolute atomic E-state index is 0.0420. The van der Waals surface area contributed by atoms with E-state index in [-0.39, 0.29) is 29.6 Å². The third-order valence-electron chi connectivity index (χ3n) is 6.25. The first-order valence-corrected chi connectivity index (χ1v) is 11.2. The van der Waals surface area contributed by atoms with Crippen molar-refractivity contribution in [2.24, 2.45) is 0 Å². The molecule has 0 unspecified atom stereocenters. The smallest absolute Gasteiger partial charge is 0.268 e. The number of ether oxygens (including phenoxy) is 1. The quantitative estimate of drug-likeness (QED) is 0.582. The monoisotopic (exact) mass is 467 g/mol. The van der Waals surface area contributed by atoms with Crippen LogP contribution in [0.1, 0.15) is 34.3 Å². The van der Waals surface area contributed by atoms with E-state index in [9.17, 15) is 4.79 Å². The predicted molar refractivity (Wildman–Crippen MR) is 123 cm³/mol. The topological polar surface area (TPSA) is 79.4 Å². The van der Waals surface area contributed by atoms with Gasteiger partial charge in [0.05, 0.1) is 15.7 Å². The maximum atomic E-state index is 13.0. The van der Waals surface area contributed by atoms with E-state index < -0.39 is 0 Å². The van der Waals surface area contributed by atoms with Crippen molar-refractivity contribution in [1.82, 2.24) is 15.3 Å². The zero-order valence-corrected chi connectivity index (χ0v) is 18.5. The summed E-state index contributed by atoms with van der Waals surface area (Å²) in [5.74, 6) is 0.283. The highest BCUT2D eigenvalue weighted by Gasteiger charge is 2.46. The lowest BCUT2D eigenvalue weighted by Crippen LogP contribution is -2.39. The number of anilines is 3. The van der Waals surface area contributed by atoms with Gasteiger partial charge < -0.3 is 15.4 Å². The van der Waals surface area contributed by atoms with Crippen LogP contribution < -0.4 is 20.3 Å². The minimum Gasteiger partial charge on any atom is -0.455 e. The van der Waals surface area contributed by atoms with Crippen molar-refractivity contribution in [3.05, 3.63) is 69.3 Å². The van der Waals surface area contributed by atoms with Gasteiger partial charge in [0.25, 0.3) is 5.91 Å². The van der Waals surface area contributed by atoms with Crippen LogP contribution in [0.2, 0.25) is 10.0 Å². The molecule has 0 bridgehead atoms. The van der Waals surface area contributed by atoms with Gasteiger partial charge in [-0.2, -0.15) is 4.98 Å². The zero-order valence-electron chi connectivity index (χ0n) is 17.0. The molecule has 1 fully saturated rings. The third-order valence-corrected chi connectivity index (χ3v) is 6.86. The molecule has 1 saturated carbocycles. The Morgan fingerprint density at radius 1 is 1.16 bits per heavy atom. The molecule has 2 aromatic carbocycles. The van der Waals surface area contributed by atoms with Crippen molar-refractivity contribution in [1.29, 1.82) is 0 Å². The summed E-state index contributed by atoms with van der Waals surface area (Å²) in [6, 6.07) is 11.5. The molecule has 1 aliphatic carbocycles. The molecule has 3 aromatic rings. The van der Waals surface area contributed by atoms with Gasteiger partial charge in [-0.3, -0.25) is 9.69 Å². The van der Waals surface area contributed by atoms with Crippen LogP contribution in [0.3, 0.4) is 0 Å². The molecule has 32 heavy (non-hydrogen) atoms. The van der Waals surface area contributed by atoms with Crippen LogP contribution >= 0.6 is 23.2 Å². The number of amides is 1. The van der Waals surface area contributed by atoms with E-state index in [1.54, 1.807) is 18.2 Å². The standard InChI is InChI=1S/C23H19Cl2N5O2/c24-17-2-1-3-18(25)19(17)30-12-32-20-15(21(30)31)11-26-22(29-20)28-14-4-5-16-13(10-14)6-9-27-23(16)7-8-23/h1-5,10-11,27H,6-9,12H2,(H,26,28,29). The van der Waals surface area contributed by atoms with Crippen molar-refractivity contribution in [2.75, 3.05) is 23.5 Å². The van der Waals surface area contributed by atoms with Gasteiger partial charge in [-0.25, -0.2) is 4.98 Å². The number of hydrogen-bond acceptors (Lipinski definition) is 6. The lowest BCUT2D eigenvalue weighted by molar-refractivity contribution is 0.0932. The van der Waals surface area contributed by atoms with Crippen LogP contribution in [-0.2, 0) is 12.0 Å². The first-order chi connectivity index (χ1) is 15.5. The summed E-state index contributed by atoms with van der Waals surface area (Å²) in [7, 11) is 0. The van der Waals surface area contributed by atoms with Gasteiger partial charge in [0.1, 0.15) is 5.56 Å². The highest BCUT2D eigenvalue weighted by atomic mass is 35.5. The average Bonchev–Trinajstić information content (AvgIpc) is 3.55. The van der Waals surface area contributed by atoms with Crippen molar-refractivity contribution in [3.8, 4) is 5.88 Å². The van der Waals surface area contributed by atoms with Gasteiger partial charge >= 0.3 is 0 Å². The van der Waals surface area contributed by atoms with Gasteiger partial charge in [-0.05, 0) is 54.7 Å². The summed E-state index contributed by atoms with van der Waals surface area (Å²) in [5, 5.41) is 7.62. The molecule has 0 saturated heterocycles. The van der Waals surface area contributed by atoms with E-state index in [2.05, 4.69) is 32.7 Å². The summed E-state index contributed by atoms with van der Waals surface area (Å²) in [6.45, 7) is 0.952. The molecule has 3 heterocycles. The molecule has 3 aliphatic rings. The van der Waals surface area contributed by atoms with Gasteiger partial charge in [0.2, 0.25) is 11.8 Å². The number of carbonyl (C=O) groups excluding carboxylic acids is 1. The van der Waals surface area contributed by atoms with Gasteiger partial charge in [0, 0.05) is 24.0 Å². The Kier molecular flexibility index (Phi) is 4.54. The number of carbonyl (C=O) groups is 1. The first kappa shape index (κ1) is 19.8. The Hall–Kier alpha value is -2.87. The van der Waals surface area contributed by atoms with E-state index in [1.165, 1.54) is 35.1 Å². The van der Waals surface area contributed by atoms with E-state index in [1.807, 2.05) is 6.07 Å². The van der Waals surface area contributed by atoms with Crippen molar-refractivity contribution < 1.29 is 9.53 Å². The Morgan fingerprint density at radius 3 is 2.75 bits per heavy atom. The van der Waals surface area contributed by atoms with E-state index in [4.69, 9.17) is 27.9 Å². The predicted octanol–water partition coefficient (Wildman–Crippen LogP) is 4.66. The average molecular weight is 468 g/mol. The minimum atomic E-state index is -0.316. The summed E-state index contributed by atoms with van der Waals surface area (Å²) >= 11 is 12.5. The lowest BCUT2D eigenvalue weighted by Gasteiger charge is -2.29. The maximum absolute atomic E-state index is 13.0. The fourth-order valence-corrected chi connectivity index (χ4v) is 5.10. The fraction of sp³-hybridized carbons (Fsp3) is 0.261. The van der Waals surface area contributed by atoms with Crippen LogP contribution in [0.25, 0.3) is 0 Å². The van der Waals surface area contributed by atoms with Crippen molar-refractivity contribution in [3.63, 3.8) is 0 Å². The van der Waals surface area contributed by atoms with Crippen LogP contribution in [-0.4, -0.2) is 29.2 Å². The number of benzene rings is 2. The Balaban J connectivity index is 1.25. The number of aromatic nitrogens is 2. The van der Waals surface area contributed by atoms with Crippen LogP contribution in [0.4, 0.5) is 17.3 Å². The molecule has 1 spiro atoms. The summed E-state index contributed by atoms with van der Waals surface area (Å²) in [6.07, 6.45) is 4.85. The molecule has 6 rings (SSSR count). The second-order valence-corrected chi connectivity index (χ2v) is 9.06. The molecular weight excluding hydrogens is 449 g/mol. The highest BCUT2D eigenvalue weighted by Crippen LogP contribution is 2.49. The summed E-state index contributed by atoms with van der Waals surface area (Å²) in [5.41, 5.74) is 4.51. The number of nitrogens with zero attached hydrogens (tertiary/aromatic N) is 3. The maximum Gasteiger partial charge on any atom is 0.268 e. The Morgan fingerprint density at radius 2 is 1.97 bits per heavy atom. The van der Waals surface area contributed by atoms with Gasteiger partial charge in [-0.1, -0.05) is 35.3 Å². The highest BCUT2D eigenvalue weighted by molar-refractivity contribution is 6.40. The normalized spacial score (nSPS) is 18.1. The molecule has 1 amide bonds. The second kappa shape index (κ2) is 7.33. The van der Waals surface area contributed by atoms with Crippen molar-refractivity contribution in [2.45, 2.75) is 24.8 Å². The van der Waals surface area contributed by atoms with Crippen LogP contribution in [0.15, 0.2) is 42.6 Å². The molecular formula is C23H19Cl2N5O2. The number of rotatable bonds is 3. The Labute approximate surface area is 194 Å². The molecule has 0 radical (unpaired) electrons. The van der Waals surface area contributed by atoms with E-state index in [0.717, 1.165) is 18.7 Å². The van der Waals surface area contributed by atoms with Crippen molar-refractivity contribution >= 4 is 46.4 Å². The number of fused-ring (bicyclic) bond motifs is 3. The zero-order chi connectivity index (χ0) is 21.9. The van der Waals surface area contributed by atoms with E-state index >= 15 is 0 Å². The Bertz CT molecular complexity index is 1240. The fourth-order valence-electron chi connectivity index (χ4n) is 4.50. The lowest BCUT2D eigenvalue weighted by atomic mass is 9.92. The molecule has 1 aromatic heterocycles. The first-order valence-electron chi connectivity index (χ1n) is 10.5. The molecule has 2 N–H and O–H groups in total. The van der Waals surface area contributed by atoms with E-state index in [0.29, 0.717) is 21.7 Å². The number of nitrogens with one attached hydrogen (secondary N) is 2. The summed E-state index contributed by atoms with van der Waals surface area (Å²) < 4.78 is 5.76. The third kappa shape index (κ3) is 3.20. The number of para-hydroxylation sites is 1. The summed E-state index contributed by atoms with van der Waals surface area (Å²) in [4.78, 5) is 23.2. The molecule has 0 atom stereocenters. The largest absolute Gasteiger partial charge is 0.455 e. The molecule has 2 aliphatic heterocycles. The number of halogens is 2.